The maximum absolute atomic E-state index is 12.0. The van der Waals surface area contributed by atoms with Crippen LogP contribution in [0.5, 0.6) is 0 Å². The molecule has 0 aromatic carbocycles. The molecule has 20 heavy (non-hydrogen) atoms. The molecule has 1 aromatic heterocycles. The van der Waals surface area contributed by atoms with Crippen LogP contribution in [0.4, 0.5) is 0 Å². The van der Waals surface area contributed by atoms with Crippen molar-refractivity contribution < 1.29 is 9.59 Å². The minimum atomic E-state index is -0.284. The molecule has 1 aromatic rings. The molecule has 1 saturated heterocycles. The first-order valence-corrected chi connectivity index (χ1v) is 8.61. The highest BCUT2D eigenvalue weighted by Gasteiger charge is 2.27. The molecule has 1 aliphatic rings. The molecule has 0 saturated carbocycles. The summed E-state index contributed by atoms with van der Waals surface area (Å²) in [4.78, 5) is 26.8. The standard InChI is InChI=1S/C14H20N2O2S2/c1-10(8-11-4-3-6-19-11)16(2)9-13(17)15-12-5-7-20-14(12)18/h3-4,6,10,12H,5,7-9H2,1-2H3,(H,15,17). The predicted molar refractivity (Wildman–Crippen MR) is 84.1 cm³/mol. The monoisotopic (exact) mass is 312 g/mol. The molecular formula is C14H20N2O2S2. The smallest absolute Gasteiger partial charge is 0.234 e. The van der Waals surface area contributed by atoms with Gasteiger partial charge in [0.05, 0.1) is 12.6 Å². The lowest BCUT2D eigenvalue weighted by Crippen LogP contribution is -2.44. The SMILES string of the molecule is CC(Cc1cccs1)N(C)CC(=O)NC1CCSC1=O. The normalized spacial score (nSPS) is 20.4. The van der Waals surface area contributed by atoms with E-state index >= 15 is 0 Å². The minimum Gasteiger partial charge on any atom is -0.344 e. The summed E-state index contributed by atoms with van der Waals surface area (Å²) in [5.41, 5.74) is 0. The van der Waals surface area contributed by atoms with Gasteiger partial charge in [-0.3, -0.25) is 14.5 Å². The van der Waals surface area contributed by atoms with Gasteiger partial charge < -0.3 is 5.32 Å². The van der Waals surface area contributed by atoms with Crippen molar-refractivity contribution in [2.24, 2.45) is 0 Å². The highest BCUT2D eigenvalue weighted by molar-refractivity contribution is 8.14. The Kier molecular flexibility index (Phi) is 5.63. The van der Waals surface area contributed by atoms with E-state index in [1.54, 1.807) is 11.3 Å². The van der Waals surface area contributed by atoms with Gasteiger partial charge in [-0.05, 0) is 38.3 Å². The second kappa shape index (κ2) is 7.24. The van der Waals surface area contributed by atoms with Crippen LogP contribution < -0.4 is 5.32 Å². The number of nitrogens with one attached hydrogen (secondary N) is 1. The second-order valence-electron chi connectivity index (χ2n) is 5.12. The maximum atomic E-state index is 12.0. The Morgan fingerprint density at radius 2 is 2.40 bits per heavy atom. The van der Waals surface area contributed by atoms with Crippen LogP contribution >= 0.6 is 23.1 Å². The molecule has 0 bridgehead atoms. The number of nitrogens with zero attached hydrogens (tertiary/aromatic N) is 1. The third-order valence-electron chi connectivity index (χ3n) is 3.49. The first-order valence-electron chi connectivity index (χ1n) is 6.75. The van der Waals surface area contributed by atoms with E-state index in [1.165, 1.54) is 16.6 Å². The van der Waals surface area contributed by atoms with E-state index in [-0.39, 0.29) is 17.1 Å². The molecule has 1 N–H and O–H groups in total. The third-order valence-corrected chi connectivity index (χ3v) is 5.40. The Balaban J connectivity index is 1.76. The molecule has 2 atom stereocenters. The number of rotatable bonds is 6. The number of amides is 1. The Hall–Kier alpha value is -0.850. The van der Waals surface area contributed by atoms with Crippen LogP contribution in [0.3, 0.4) is 0 Å². The average Bonchev–Trinajstić information content (AvgIpc) is 3.02. The fraction of sp³-hybridized carbons (Fsp3) is 0.571. The summed E-state index contributed by atoms with van der Waals surface area (Å²) in [6.07, 6.45) is 1.70. The number of thioether (sulfide) groups is 1. The van der Waals surface area contributed by atoms with Crippen LogP contribution in [-0.2, 0) is 16.0 Å². The average molecular weight is 312 g/mol. The van der Waals surface area contributed by atoms with Gasteiger partial charge >= 0.3 is 0 Å². The van der Waals surface area contributed by atoms with Gasteiger partial charge in [0.25, 0.3) is 0 Å². The number of carbonyl (C=O) groups excluding carboxylic acids is 2. The van der Waals surface area contributed by atoms with Crippen LogP contribution in [0, 0.1) is 0 Å². The maximum Gasteiger partial charge on any atom is 0.234 e. The third kappa shape index (κ3) is 4.33. The molecule has 2 unspecified atom stereocenters. The van der Waals surface area contributed by atoms with E-state index in [0.29, 0.717) is 12.6 Å². The van der Waals surface area contributed by atoms with Crippen LogP contribution in [-0.4, -0.2) is 47.4 Å². The number of hydrogen-bond acceptors (Lipinski definition) is 5. The highest BCUT2D eigenvalue weighted by atomic mass is 32.2. The van der Waals surface area contributed by atoms with Crippen molar-refractivity contribution in [2.75, 3.05) is 19.3 Å². The van der Waals surface area contributed by atoms with Gasteiger partial charge in [0.2, 0.25) is 11.0 Å². The van der Waals surface area contributed by atoms with Gasteiger partial charge in [-0.25, -0.2) is 0 Å². The first-order chi connectivity index (χ1) is 9.56. The summed E-state index contributed by atoms with van der Waals surface area (Å²) in [5, 5.41) is 4.98. The summed E-state index contributed by atoms with van der Waals surface area (Å²) in [5.74, 6) is 0.750. The van der Waals surface area contributed by atoms with Gasteiger partial charge in [0, 0.05) is 16.7 Å². The quantitative estimate of drug-likeness (QED) is 0.869. The number of hydrogen-bond donors (Lipinski definition) is 1. The van der Waals surface area contributed by atoms with Crippen molar-refractivity contribution in [1.29, 1.82) is 0 Å². The summed E-state index contributed by atoms with van der Waals surface area (Å²) in [6, 6.07) is 4.17. The molecular weight excluding hydrogens is 292 g/mol. The fourth-order valence-corrected chi connectivity index (χ4v) is 3.88. The zero-order chi connectivity index (χ0) is 14.5. The second-order valence-corrected chi connectivity index (χ2v) is 7.26. The van der Waals surface area contributed by atoms with Gasteiger partial charge in [0.15, 0.2) is 0 Å². The summed E-state index contributed by atoms with van der Waals surface area (Å²) in [6.45, 7) is 2.45. The van der Waals surface area contributed by atoms with Crippen molar-refractivity contribution in [3.05, 3.63) is 22.4 Å². The van der Waals surface area contributed by atoms with Gasteiger partial charge in [0.1, 0.15) is 0 Å². The Labute approximate surface area is 127 Å². The molecule has 0 radical (unpaired) electrons. The van der Waals surface area contributed by atoms with Crippen LogP contribution in [0.2, 0.25) is 0 Å². The largest absolute Gasteiger partial charge is 0.344 e. The predicted octanol–water partition coefficient (Wildman–Crippen LogP) is 1.76. The van der Waals surface area contributed by atoms with E-state index in [0.717, 1.165) is 18.6 Å². The molecule has 2 heterocycles. The molecule has 1 aliphatic heterocycles. The van der Waals surface area contributed by atoms with Crippen LogP contribution in [0.1, 0.15) is 18.2 Å². The molecule has 0 aliphatic carbocycles. The number of carbonyl (C=O) groups is 2. The van der Waals surface area contributed by atoms with E-state index in [2.05, 4.69) is 23.7 Å². The highest BCUT2D eigenvalue weighted by Crippen LogP contribution is 2.19. The molecule has 6 heteroatoms. The van der Waals surface area contributed by atoms with Crippen molar-refractivity contribution in [3.8, 4) is 0 Å². The van der Waals surface area contributed by atoms with Gasteiger partial charge in [-0.2, -0.15) is 0 Å². The lowest BCUT2D eigenvalue weighted by atomic mass is 10.2. The number of likely N-dealkylation sites (N-methyl/N-ethyl adjacent to an activating group) is 1. The van der Waals surface area contributed by atoms with E-state index < -0.39 is 0 Å². The zero-order valence-electron chi connectivity index (χ0n) is 11.8. The van der Waals surface area contributed by atoms with Crippen molar-refractivity contribution in [3.63, 3.8) is 0 Å². The topological polar surface area (TPSA) is 49.4 Å². The van der Waals surface area contributed by atoms with Gasteiger partial charge in [-0.1, -0.05) is 17.8 Å². The number of thiophene rings is 1. The Morgan fingerprint density at radius 3 is 3.00 bits per heavy atom. The van der Waals surface area contributed by atoms with Crippen molar-refractivity contribution >= 4 is 34.1 Å². The van der Waals surface area contributed by atoms with Crippen LogP contribution in [0.25, 0.3) is 0 Å². The summed E-state index contributed by atoms with van der Waals surface area (Å²) < 4.78 is 0. The van der Waals surface area contributed by atoms with E-state index in [4.69, 9.17) is 0 Å². The molecule has 0 spiro atoms. The molecule has 1 amide bonds. The Morgan fingerprint density at radius 1 is 1.60 bits per heavy atom. The summed E-state index contributed by atoms with van der Waals surface area (Å²) in [7, 11) is 1.95. The fourth-order valence-electron chi connectivity index (χ4n) is 2.12. The van der Waals surface area contributed by atoms with Crippen molar-refractivity contribution in [1.82, 2.24) is 10.2 Å². The molecule has 2 rings (SSSR count). The van der Waals surface area contributed by atoms with Gasteiger partial charge in [-0.15, -0.1) is 11.3 Å². The zero-order valence-corrected chi connectivity index (χ0v) is 13.4. The van der Waals surface area contributed by atoms with E-state index in [1.807, 2.05) is 18.0 Å². The summed E-state index contributed by atoms with van der Waals surface area (Å²) >= 11 is 3.05. The molecule has 110 valence electrons. The van der Waals surface area contributed by atoms with Crippen molar-refractivity contribution in [2.45, 2.75) is 31.8 Å². The Bertz CT molecular complexity index is 462. The van der Waals surface area contributed by atoms with Crippen LogP contribution in [0.15, 0.2) is 17.5 Å². The molecule has 4 nitrogen and oxygen atoms in total. The lowest BCUT2D eigenvalue weighted by molar-refractivity contribution is -0.125. The lowest BCUT2D eigenvalue weighted by Gasteiger charge is -2.24. The molecule has 1 fully saturated rings. The first kappa shape index (κ1) is 15.5. The van der Waals surface area contributed by atoms with E-state index in [9.17, 15) is 9.59 Å². The minimum absolute atomic E-state index is 0.0635.